The number of ketones is 1. The molecule has 9 saturated carbocycles. The number of aryl methyl sites for hydroxylation is 5. The highest BCUT2D eigenvalue weighted by Crippen LogP contribution is 2.66. The predicted molar refractivity (Wildman–Crippen MR) is 464 cm³/mol. The second kappa shape index (κ2) is 35.4. The molecule has 2 amide bonds. The Hall–Kier alpha value is -5.33. The molecule has 1 aliphatic heterocycles. The molecule has 5 aromatic carbocycles. The number of alkyl halides is 4. The molecular formula is C99H130Cl4N2O13. The Morgan fingerprint density at radius 2 is 0.754 bits per heavy atom. The van der Waals surface area contributed by atoms with Crippen LogP contribution in [0.1, 0.15) is 268 Å². The van der Waals surface area contributed by atoms with E-state index in [1.807, 2.05) is 48.5 Å². The smallest absolute Gasteiger partial charge is 0.415 e. The Bertz CT molecular complexity index is 4440. The Kier molecular flexibility index (Phi) is 25.8. The van der Waals surface area contributed by atoms with Crippen LogP contribution in [0.25, 0.3) is 0 Å². The van der Waals surface area contributed by atoms with Gasteiger partial charge in [-0.05, 0) is 402 Å². The molecule has 10 fully saturated rings. The lowest BCUT2D eigenvalue weighted by atomic mass is 9.55. The normalized spacial score (nSPS) is 37.2. The molecule has 0 aromatic heterocycles. The summed E-state index contributed by atoms with van der Waals surface area (Å²) in [4.78, 5) is 40.2. The number of aliphatic hydroxyl groups excluding tert-OH is 4. The van der Waals surface area contributed by atoms with Crippen molar-refractivity contribution in [3.8, 4) is 28.7 Å². The van der Waals surface area contributed by atoms with E-state index in [2.05, 4.69) is 71.0 Å². The highest BCUT2D eigenvalue weighted by molar-refractivity contribution is 6.19. The summed E-state index contributed by atoms with van der Waals surface area (Å²) in [5.41, 5.74) is 14.0. The number of amides is 2. The quantitative estimate of drug-likeness (QED) is 0.0647. The van der Waals surface area contributed by atoms with Crippen LogP contribution in [0.5, 0.6) is 28.7 Å². The van der Waals surface area contributed by atoms with Gasteiger partial charge in [-0.2, -0.15) is 0 Å². The average molecular weight is 1700 g/mol. The van der Waals surface area contributed by atoms with Gasteiger partial charge >= 0.3 is 12.2 Å². The van der Waals surface area contributed by atoms with Crippen molar-refractivity contribution < 1.29 is 64.3 Å². The zero-order valence-electron chi connectivity index (χ0n) is 70.3. The van der Waals surface area contributed by atoms with Crippen molar-refractivity contribution in [3.05, 3.63) is 147 Å². The van der Waals surface area contributed by atoms with Crippen LogP contribution >= 0.6 is 46.4 Å². The maximum absolute atomic E-state index is 12.4. The SMILES string of the molecule is C[C@]12CCC3c4ccc(OC(=O)N(CCCl)CCCl)cc4CCC3C1CCO2.C[C@]12CC[C@@H]3c4ccc(O)cc4CC[C@H]3[C@@H]1CCC2=O.C[C@]12CC[C@@H]3c4ccc(O)cc4CC[C@H]3[C@@H]1CC[C@@H]2O.C[C@]12CC[C@@H]3c4ccc(O)cc4CC[C@H]3[C@@H]1C[C@@H](O)[C@@H]2O.C[C@]12CC[C@@H]3c4ccc(OC(=O)N(CCCl)CCCl)cc4CC[C@H]3[C@@H]1CC[C@@H]2O. The van der Waals surface area contributed by atoms with E-state index >= 15 is 0 Å². The van der Waals surface area contributed by atoms with Gasteiger partial charge in [-0.25, -0.2) is 9.59 Å². The molecule has 1 heterocycles. The lowest BCUT2D eigenvalue weighted by Crippen LogP contribution is -2.44. The number of aliphatic hydroxyl groups is 4. The van der Waals surface area contributed by atoms with Crippen molar-refractivity contribution in [2.75, 3.05) is 56.3 Å². The Balaban J connectivity index is 0.000000111. The first-order valence-corrected chi connectivity index (χ1v) is 47.6. The van der Waals surface area contributed by atoms with Gasteiger partial charge < -0.3 is 59.8 Å². The van der Waals surface area contributed by atoms with Crippen LogP contribution in [0, 0.1) is 80.8 Å². The van der Waals surface area contributed by atoms with Crippen LogP contribution in [0.3, 0.4) is 0 Å². The molecular weight excluding hydrogens is 1570 g/mol. The molecule has 15 nitrogen and oxygen atoms in total. The van der Waals surface area contributed by atoms with Gasteiger partial charge in [-0.3, -0.25) is 4.79 Å². The minimum atomic E-state index is -0.565. The van der Waals surface area contributed by atoms with E-state index in [0.717, 1.165) is 147 Å². The maximum atomic E-state index is 12.4. The van der Waals surface area contributed by atoms with Crippen molar-refractivity contribution in [1.82, 2.24) is 9.80 Å². The van der Waals surface area contributed by atoms with Crippen LogP contribution in [0.15, 0.2) is 91.0 Å². The maximum Gasteiger partial charge on any atom is 0.415 e. The van der Waals surface area contributed by atoms with E-state index < -0.39 is 18.3 Å². The van der Waals surface area contributed by atoms with E-state index in [-0.39, 0.29) is 45.6 Å². The van der Waals surface area contributed by atoms with Crippen LogP contribution in [-0.2, 0) is 41.6 Å². The number of Topliss-reactive ketones (excluding diaryl/α,β-unsaturated/α-hetero) is 1. The van der Waals surface area contributed by atoms with E-state index in [1.165, 1.54) is 101 Å². The minimum Gasteiger partial charge on any atom is -0.508 e. The zero-order chi connectivity index (χ0) is 82.9. The number of fused-ring (bicyclic) bond motifs is 25. The summed E-state index contributed by atoms with van der Waals surface area (Å²) in [5, 5.41) is 70.5. The molecule has 3 unspecified atom stereocenters. The van der Waals surface area contributed by atoms with Crippen molar-refractivity contribution in [1.29, 1.82) is 0 Å². The summed E-state index contributed by atoms with van der Waals surface area (Å²) in [6.07, 6.45) is 28.3. The highest BCUT2D eigenvalue weighted by Gasteiger charge is 2.61. The summed E-state index contributed by atoms with van der Waals surface area (Å²) in [7, 11) is 0. The van der Waals surface area contributed by atoms with Gasteiger partial charge in [0.1, 0.15) is 34.5 Å². The Morgan fingerprint density at radius 3 is 1.17 bits per heavy atom. The molecule has 0 bridgehead atoms. The van der Waals surface area contributed by atoms with Crippen molar-refractivity contribution >= 4 is 64.4 Å². The second-order valence-electron chi connectivity index (χ2n) is 39.9. The molecule has 20 rings (SSSR count). The van der Waals surface area contributed by atoms with Crippen LogP contribution in [0.4, 0.5) is 9.59 Å². The number of benzene rings is 5. The third-order valence-corrected chi connectivity index (χ3v) is 35.3. The molecule has 15 aliphatic rings. The fourth-order valence-corrected chi connectivity index (χ4v) is 29.2. The topological polar surface area (TPSA) is 227 Å². The first kappa shape index (κ1) is 86.2. The number of hydrogen-bond donors (Lipinski definition) is 7. The van der Waals surface area contributed by atoms with Crippen molar-refractivity contribution in [2.45, 2.75) is 274 Å². The molecule has 118 heavy (non-hydrogen) atoms. The first-order chi connectivity index (χ1) is 56.7. The van der Waals surface area contributed by atoms with Gasteiger partial charge in [0, 0.05) is 68.1 Å². The second-order valence-corrected chi connectivity index (χ2v) is 41.4. The lowest BCUT2D eigenvalue weighted by molar-refractivity contribution is -0.129. The lowest BCUT2D eigenvalue weighted by Gasteiger charge is -2.50. The van der Waals surface area contributed by atoms with Crippen LogP contribution in [-0.4, -0.2) is 150 Å². The Morgan fingerprint density at radius 1 is 0.398 bits per heavy atom. The largest absolute Gasteiger partial charge is 0.508 e. The summed E-state index contributed by atoms with van der Waals surface area (Å²) in [6, 6.07) is 30.0. The summed E-state index contributed by atoms with van der Waals surface area (Å²) >= 11 is 23.1. The molecule has 7 N–H and O–H groups in total. The van der Waals surface area contributed by atoms with E-state index in [1.54, 1.807) is 15.9 Å². The molecule has 14 aliphatic carbocycles. The van der Waals surface area contributed by atoms with Crippen molar-refractivity contribution in [2.24, 2.45) is 80.8 Å². The van der Waals surface area contributed by atoms with Gasteiger partial charge in [-0.15, -0.1) is 46.4 Å². The number of aromatic hydroxyl groups is 3. The highest BCUT2D eigenvalue weighted by atomic mass is 35.5. The molecule has 24 atom stereocenters. The number of carbonyl (C=O) groups excluding carboxylic acids is 3. The number of rotatable bonds is 10. The fourth-order valence-electron chi connectivity index (χ4n) is 28.4. The van der Waals surface area contributed by atoms with Gasteiger partial charge in [0.15, 0.2) is 0 Å². The van der Waals surface area contributed by atoms with Crippen molar-refractivity contribution in [3.63, 3.8) is 0 Å². The molecule has 642 valence electrons. The number of carbonyl (C=O) groups is 3. The predicted octanol–water partition coefficient (Wildman–Crippen LogP) is 20.4. The summed E-state index contributed by atoms with van der Waals surface area (Å²) in [6.45, 7) is 13.9. The minimum absolute atomic E-state index is 0.0322. The van der Waals surface area contributed by atoms with Gasteiger partial charge in [0.2, 0.25) is 0 Å². The molecule has 0 radical (unpaired) electrons. The third kappa shape index (κ3) is 16.2. The van der Waals surface area contributed by atoms with Gasteiger partial charge in [-0.1, -0.05) is 58.0 Å². The van der Waals surface area contributed by atoms with E-state index in [0.29, 0.717) is 167 Å². The van der Waals surface area contributed by atoms with Crippen LogP contribution in [0.2, 0.25) is 0 Å². The third-order valence-electron chi connectivity index (χ3n) is 34.6. The molecule has 19 heteroatoms. The molecule has 5 aromatic rings. The number of hydrogen-bond acceptors (Lipinski definition) is 13. The van der Waals surface area contributed by atoms with Gasteiger partial charge in [0.25, 0.3) is 0 Å². The fraction of sp³-hybridized carbons (Fsp3) is 0.667. The molecule has 1 saturated heterocycles. The number of phenols is 3. The number of nitrogens with zero attached hydrogens (tertiary/aromatic N) is 2. The molecule has 0 spiro atoms. The van der Waals surface area contributed by atoms with E-state index in [9.17, 15) is 50.1 Å². The van der Waals surface area contributed by atoms with Crippen LogP contribution < -0.4 is 9.47 Å². The number of halogens is 4. The van der Waals surface area contributed by atoms with E-state index in [4.69, 9.17) is 60.6 Å². The summed E-state index contributed by atoms with van der Waals surface area (Å²) in [5.74, 6) is 13.6. The Labute approximate surface area is 720 Å². The average Bonchev–Trinajstić information content (AvgIpc) is 1.52. The standard InChI is InChI=1S/C23H31Cl2NO3.C22H29Cl2NO3.C18H24O3.C18H24O2.C18H22O2/c1-23-9-8-18-17-5-3-16(29-22(28)26(12-10-24)13-11-25)14-15(17)2-4-19(18)20(23)6-7-21(23)27;1-22-8-6-18-17-5-3-16(28-21(26)25(11-9-23)12-10-24)14-15(17)2-4-19(18)20(22)7-13-27-22;1-18-7-6-13-12-5-3-11(19)8-10(12)2-4-14(13)15(18)9-16(20)17(18)21;2*1-18-9-8-14-13-5-3-12(19)10-11(13)2-4-15(14)16(18)6-7-17(18)20/h3,5,14,18-21,27H,2,4,6-13H2,1H3;3,5,14,18-20H,2,4,6-13H2,1H3;3,5,8,13-17,19-21H,2,4,6-7,9H2,1H3;3,5,10,14-17,19-20H,2,4,6-9H2,1H3;3,5,10,14-16,19H,2,4,6-9H2,1H3/t18-,19-,20+,21+,23+;18?,19?,20?,22-;13-,14-,15+,16-,17+,18+;14-,15-,16+,17+,18+;14-,15-,16+,18+/m10111/s1. The summed E-state index contributed by atoms with van der Waals surface area (Å²) < 4.78 is 17.4. The first-order valence-electron chi connectivity index (χ1n) is 45.5. The monoisotopic (exact) mass is 1690 g/mol. The zero-order valence-corrected chi connectivity index (χ0v) is 73.3. The van der Waals surface area contributed by atoms with Gasteiger partial charge in [0.05, 0.1) is 30.0 Å². The number of ether oxygens (including phenoxy) is 3. The number of phenolic OH excluding ortho intramolecular Hbond substituents is 3.